The minimum absolute atomic E-state index is 0.0451. The number of aromatic amines is 1. The third kappa shape index (κ3) is 2.93. The van der Waals surface area contributed by atoms with Crippen molar-refractivity contribution in [3.63, 3.8) is 0 Å². The van der Waals surface area contributed by atoms with Gasteiger partial charge in [-0.05, 0) is 34.0 Å². The minimum Gasteiger partial charge on any atom is -0.481 e. The Morgan fingerprint density at radius 1 is 1.45 bits per heavy atom. The Labute approximate surface area is 121 Å². The fourth-order valence-electron chi connectivity index (χ4n) is 1.82. The van der Waals surface area contributed by atoms with E-state index in [1.54, 1.807) is 6.07 Å². The van der Waals surface area contributed by atoms with E-state index < -0.39 is 23.3 Å². The molecule has 2 aromatic rings. The van der Waals surface area contributed by atoms with Crippen molar-refractivity contribution in [3.8, 4) is 0 Å². The highest BCUT2D eigenvalue weighted by atomic mass is 79.9. The molecule has 1 unspecified atom stereocenters. The van der Waals surface area contributed by atoms with E-state index in [9.17, 15) is 19.1 Å². The standard InChI is InChI=1S/C13H10BrFN2O3/c14-10-11(16-6-17-12(10)18)8(13(19)20)5-7-3-1-2-4-9(7)15/h1-4,6,8H,5H2,(H,19,20)(H,16,17,18). The van der Waals surface area contributed by atoms with Crippen LogP contribution in [0, 0.1) is 5.82 Å². The van der Waals surface area contributed by atoms with Crippen molar-refractivity contribution in [2.24, 2.45) is 0 Å². The number of aromatic nitrogens is 2. The van der Waals surface area contributed by atoms with Crippen molar-refractivity contribution in [2.45, 2.75) is 12.3 Å². The van der Waals surface area contributed by atoms with Crippen LogP contribution in [0.15, 0.2) is 39.9 Å². The van der Waals surface area contributed by atoms with E-state index in [1.807, 2.05) is 0 Å². The maximum absolute atomic E-state index is 13.6. The summed E-state index contributed by atoms with van der Waals surface area (Å²) in [5.74, 6) is -2.77. The van der Waals surface area contributed by atoms with Crippen LogP contribution in [0.25, 0.3) is 0 Å². The van der Waals surface area contributed by atoms with Crippen LogP contribution in [0.1, 0.15) is 17.2 Å². The van der Waals surface area contributed by atoms with Crippen molar-refractivity contribution < 1.29 is 14.3 Å². The fraction of sp³-hybridized carbons (Fsp3) is 0.154. The largest absolute Gasteiger partial charge is 0.481 e. The molecule has 20 heavy (non-hydrogen) atoms. The zero-order valence-corrected chi connectivity index (χ0v) is 11.7. The number of hydrogen-bond acceptors (Lipinski definition) is 3. The van der Waals surface area contributed by atoms with Crippen molar-refractivity contribution in [1.29, 1.82) is 0 Å². The molecule has 0 saturated carbocycles. The third-order valence-electron chi connectivity index (χ3n) is 2.83. The first kappa shape index (κ1) is 14.4. The van der Waals surface area contributed by atoms with Gasteiger partial charge in [0.25, 0.3) is 5.56 Å². The Morgan fingerprint density at radius 2 is 2.15 bits per heavy atom. The van der Waals surface area contributed by atoms with Gasteiger partial charge in [0.2, 0.25) is 0 Å². The first-order valence-corrected chi connectivity index (χ1v) is 6.49. The van der Waals surface area contributed by atoms with Gasteiger partial charge in [0.1, 0.15) is 16.2 Å². The zero-order chi connectivity index (χ0) is 14.7. The average Bonchev–Trinajstić information content (AvgIpc) is 2.41. The Hall–Kier alpha value is -2.02. The smallest absolute Gasteiger partial charge is 0.312 e. The van der Waals surface area contributed by atoms with Crippen LogP contribution in [0.4, 0.5) is 4.39 Å². The lowest BCUT2D eigenvalue weighted by molar-refractivity contribution is -0.138. The van der Waals surface area contributed by atoms with Gasteiger partial charge in [-0.25, -0.2) is 9.37 Å². The lowest BCUT2D eigenvalue weighted by Crippen LogP contribution is -2.21. The molecule has 0 aliphatic heterocycles. The Bertz CT molecular complexity index is 702. The molecule has 104 valence electrons. The van der Waals surface area contributed by atoms with Crippen molar-refractivity contribution in [3.05, 3.63) is 62.5 Å². The molecule has 2 rings (SSSR count). The van der Waals surface area contributed by atoms with Crippen molar-refractivity contribution >= 4 is 21.9 Å². The maximum atomic E-state index is 13.6. The van der Waals surface area contributed by atoms with E-state index >= 15 is 0 Å². The number of nitrogens with zero attached hydrogens (tertiary/aromatic N) is 1. The number of carbonyl (C=O) groups is 1. The number of aliphatic carboxylic acids is 1. The number of benzene rings is 1. The van der Waals surface area contributed by atoms with Crippen LogP contribution in [-0.4, -0.2) is 21.0 Å². The number of rotatable bonds is 4. The lowest BCUT2D eigenvalue weighted by Gasteiger charge is -2.13. The molecule has 0 aliphatic rings. The Morgan fingerprint density at radius 3 is 2.80 bits per heavy atom. The third-order valence-corrected chi connectivity index (χ3v) is 3.60. The predicted molar refractivity (Wildman–Crippen MR) is 73.0 cm³/mol. The van der Waals surface area contributed by atoms with E-state index in [-0.39, 0.29) is 22.2 Å². The number of carboxylic acids is 1. The van der Waals surface area contributed by atoms with Crippen molar-refractivity contribution in [2.75, 3.05) is 0 Å². The van der Waals surface area contributed by atoms with E-state index in [4.69, 9.17) is 0 Å². The van der Waals surface area contributed by atoms with Crippen LogP contribution < -0.4 is 5.56 Å². The van der Waals surface area contributed by atoms with Gasteiger partial charge in [0.15, 0.2) is 0 Å². The maximum Gasteiger partial charge on any atom is 0.312 e. The van der Waals surface area contributed by atoms with Gasteiger partial charge in [-0.15, -0.1) is 0 Å². The molecule has 0 amide bonds. The molecule has 0 radical (unpaired) electrons. The second-order valence-electron chi connectivity index (χ2n) is 4.12. The Kier molecular flexibility index (Phi) is 4.29. The topological polar surface area (TPSA) is 83.0 Å². The van der Waals surface area contributed by atoms with Crippen LogP contribution in [0.5, 0.6) is 0 Å². The molecule has 1 aromatic heterocycles. The normalized spacial score (nSPS) is 12.1. The zero-order valence-electron chi connectivity index (χ0n) is 10.1. The number of carboxylic acid groups (broad SMARTS) is 1. The van der Waals surface area contributed by atoms with E-state index in [2.05, 4.69) is 25.9 Å². The van der Waals surface area contributed by atoms with Gasteiger partial charge in [0.05, 0.1) is 12.0 Å². The summed E-state index contributed by atoms with van der Waals surface area (Å²) in [5.41, 5.74) is -0.145. The molecular formula is C13H10BrFN2O3. The number of hydrogen-bond donors (Lipinski definition) is 2. The lowest BCUT2D eigenvalue weighted by atomic mass is 9.96. The highest BCUT2D eigenvalue weighted by Gasteiger charge is 2.26. The summed E-state index contributed by atoms with van der Waals surface area (Å²) >= 11 is 3.02. The second-order valence-corrected chi connectivity index (χ2v) is 4.91. The average molecular weight is 341 g/mol. The first-order chi connectivity index (χ1) is 9.50. The van der Waals surface area contributed by atoms with Crippen LogP contribution >= 0.6 is 15.9 Å². The van der Waals surface area contributed by atoms with Gasteiger partial charge in [0, 0.05) is 0 Å². The summed E-state index contributed by atoms with van der Waals surface area (Å²) in [6.45, 7) is 0. The summed E-state index contributed by atoms with van der Waals surface area (Å²) in [5, 5.41) is 9.30. The van der Waals surface area contributed by atoms with Crippen LogP contribution in [0.2, 0.25) is 0 Å². The summed E-state index contributed by atoms with van der Waals surface area (Å²) < 4.78 is 13.7. The van der Waals surface area contributed by atoms with Gasteiger partial charge < -0.3 is 10.1 Å². The van der Waals surface area contributed by atoms with Crippen LogP contribution in [0.3, 0.4) is 0 Å². The fourth-order valence-corrected chi connectivity index (χ4v) is 2.32. The highest BCUT2D eigenvalue weighted by Crippen LogP contribution is 2.24. The van der Waals surface area contributed by atoms with E-state index in [0.717, 1.165) is 6.33 Å². The Balaban J connectivity index is 2.43. The van der Waals surface area contributed by atoms with E-state index in [0.29, 0.717) is 0 Å². The van der Waals surface area contributed by atoms with E-state index in [1.165, 1.54) is 18.2 Å². The molecule has 0 fully saturated rings. The predicted octanol–water partition coefficient (Wildman–Crippen LogP) is 2.08. The molecule has 1 atom stereocenters. The number of nitrogens with one attached hydrogen (secondary N) is 1. The number of halogens is 2. The SMILES string of the molecule is O=C(O)C(Cc1ccccc1F)c1nc[nH]c(=O)c1Br. The summed E-state index contributed by atoms with van der Waals surface area (Å²) in [4.78, 5) is 29.1. The van der Waals surface area contributed by atoms with Gasteiger partial charge in [-0.2, -0.15) is 0 Å². The summed E-state index contributed by atoms with van der Waals surface area (Å²) in [7, 11) is 0. The molecule has 0 saturated heterocycles. The van der Waals surface area contributed by atoms with Gasteiger partial charge >= 0.3 is 5.97 Å². The second kappa shape index (κ2) is 5.96. The summed E-state index contributed by atoms with van der Waals surface area (Å²) in [6, 6.07) is 5.91. The molecule has 2 N–H and O–H groups in total. The quantitative estimate of drug-likeness (QED) is 0.892. The monoisotopic (exact) mass is 340 g/mol. The molecule has 1 heterocycles. The van der Waals surface area contributed by atoms with Crippen molar-refractivity contribution in [1.82, 2.24) is 9.97 Å². The number of H-pyrrole nitrogens is 1. The molecule has 0 spiro atoms. The van der Waals surface area contributed by atoms with Gasteiger partial charge in [-0.1, -0.05) is 18.2 Å². The molecular weight excluding hydrogens is 331 g/mol. The van der Waals surface area contributed by atoms with Gasteiger partial charge in [-0.3, -0.25) is 9.59 Å². The molecule has 1 aromatic carbocycles. The minimum atomic E-state index is -1.17. The first-order valence-electron chi connectivity index (χ1n) is 5.70. The molecule has 5 nitrogen and oxygen atoms in total. The molecule has 7 heteroatoms. The summed E-state index contributed by atoms with van der Waals surface area (Å²) in [6.07, 6.45) is 1.04. The molecule has 0 bridgehead atoms. The molecule has 0 aliphatic carbocycles. The highest BCUT2D eigenvalue weighted by molar-refractivity contribution is 9.10. The van der Waals surface area contributed by atoms with Crippen LogP contribution in [-0.2, 0) is 11.2 Å².